The van der Waals surface area contributed by atoms with Gasteiger partial charge in [-0.3, -0.25) is 4.79 Å². The summed E-state index contributed by atoms with van der Waals surface area (Å²) in [5.41, 5.74) is 3.14. The molecule has 26 heavy (non-hydrogen) atoms. The first-order chi connectivity index (χ1) is 12.5. The van der Waals surface area contributed by atoms with Gasteiger partial charge in [-0.2, -0.15) is 5.26 Å². The van der Waals surface area contributed by atoms with Crippen LogP contribution in [0.25, 0.3) is 0 Å². The first-order valence-electron chi connectivity index (χ1n) is 9.24. The van der Waals surface area contributed by atoms with Crippen LogP contribution in [0.5, 0.6) is 0 Å². The van der Waals surface area contributed by atoms with Crippen molar-refractivity contribution in [3.63, 3.8) is 0 Å². The van der Waals surface area contributed by atoms with Crippen molar-refractivity contribution in [1.29, 1.82) is 5.26 Å². The van der Waals surface area contributed by atoms with Crippen LogP contribution >= 0.6 is 11.3 Å². The third-order valence-electron chi connectivity index (χ3n) is 4.50. The number of unbranched alkanes of at least 4 members (excludes halogenated alkanes) is 1. The fourth-order valence-electron chi connectivity index (χ4n) is 2.99. The zero-order valence-corrected chi connectivity index (χ0v) is 16.6. The molecular weight excluding hydrogens is 342 g/mol. The fourth-order valence-corrected chi connectivity index (χ4v) is 3.74. The first kappa shape index (κ1) is 20.2. The van der Waals surface area contributed by atoms with Crippen LogP contribution in [0.3, 0.4) is 0 Å². The van der Waals surface area contributed by atoms with E-state index in [-0.39, 0.29) is 11.9 Å². The normalized spacial score (nSPS) is 12.0. The van der Waals surface area contributed by atoms with Gasteiger partial charge < -0.3 is 10.6 Å². The Balaban J connectivity index is 1.95. The molecule has 0 saturated heterocycles. The topological polar surface area (TPSA) is 69.5 Å². The number of nitrogens with zero attached hydrogens (tertiary/aromatic N) is 1. The lowest BCUT2D eigenvalue weighted by Crippen LogP contribution is -2.88. The second-order valence-corrected chi connectivity index (χ2v) is 7.79. The van der Waals surface area contributed by atoms with Crippen LogP contribution in [0, 0.1) is 17.2 Å². The summed E-state index contributed by atoms with van der Waals surface area (Å²) in [7, 11) is 0. The largest absolute Gasteiger partial charge is 0.332 e. The number of carbonyl (C=O) groups is 1. The first-order valence-corrected chi connectivity index (χ1v) is 10.1. The summed E-state index contributed by atoms with van der Waals surface area (Å²) in [4.78, 5) is 12.3. The molecule has 1 heterocycles. The Bertz CT molecular complexity index is 743. The van der Waals surface area contributed by atoms with E-state index < -0.39 is 0 Å². The molecule has 2 aromatic rings. The average molecular weight is 371 g/mol. The van der Waals surface area contributed by atoms with Gasteiger partial charge in [-0.15, -0.1) is 11.3 Å². The number of nitriles is 1. The Morgan fingerprint density at radius 2 is 2.00 bits per heavy atom. The molecule has 0 fully saturated rings. The van der Waals surface area contributed by atoms with E-state index in [1.807, 2.05) is 5.38 Å². The zero-order chi connectivity index (χ0) is 18.9. The molecule has 5 heteroatoms. The van der Waals surface area contributed by atoms with Crippen LogP contribution < -0.4 is 10.6 Å². The Morgan fingerprint density at radius 1 is 1.27 bits per heavy atom. The number of carbonyl (C=O) groups excluding carboxylic acids is 1. The molecule has 0 radical (unpaired) electrons. The second kappa shape index (κ2) is 10.1. The minimum absolute atomic E-state index is 0.0748. The van der Waals surface area contributed by atoms with Crippen LogP contribution in [0.4, 0.5) is 5.00 Å². The molecule has 0 spiro atoms. The number of hydrogen-bond donors (Lipinski definition) is 2. The molecule has 2 rings (SSSR count). The maximum Gasteiger partial charge on any atom is 0.280 e. The fraction of sp³-hybridized carbons (Fsp3) is 0.429. The van der Waals surface area contributed by atoms with Crippen molar-refractivity contribution in [2.24, 2.45) is 5.92 Å². The number of quaternary nitrogens is 1. The monoisotopic (exact) mass is 370 g/mol. The molecule has 1 amide bonds. The third-order valence-corrected chi connectivity index (χ3v) is 5.33. The van der Waals surface area contributed by atoms with Gasteiger partial charge in [0.15, 0.2) is 6.54 Å². The van der Waals surface area contributed by atoms with Gasteiger partial charge in [-0.1, -0.05) is 51.5 Å². The highest BCUT2D eigenvalue weighted by Crippen LogP contribution is 2.22. The lowest BCUT2D eigenvalue weighted by molar-refractivity contribution is -0.692. The summed E-state index contributed by atoms with van der Waals surface area (Å²) in [6.45, 7) is 6.90. The van der Waals surface area contributed by atoms with Crippen LogP contribution in [0.15, 0.2) is 35.7 Å². The SMILES string of the molecule is CCCCc1ccc([C@H]([NH2+]CC(=O)Nc2sccc2C#N)C(C)C)cc1. The van der Waals surface area contributed by atoms with E-state index in [1.54, 1.807) is 6.07 Å². The molecule has 0 aliphatic heterocycles. The minimum atomic E-state index is -0.0748. The molecule has 0 bridgehead atoms. The van der Waals surface area contributed by atoms with E-state index in [2.05, 4.69) is 61.7 Å². The van der Waals surface area contributed by atoms with Crippen LogP contribution in [0.1, 0.15) is 56.3 Å². The summed E-state index contributed by atoms with van der Waals surface area (Å²) >= 11 is 1.38. The van der Waals surface area contributed by atoms with Crippen molar-refractivity contribution in [1.82, 2.24) is 0 Å². The Hall–Kier alpha value is -2.16. The predicted octanol–water partition coefficient (Wildman–Crippen LogP) is 3.86. The van der Waals surface area contributed by atoms with Gasteiger partial charge in [0.05, 0.1) is 5.56 Å². The van der Waals surface area contributed by atoms with E-state index in [1.165, 1.54) is 35.3 Å². The van der Waals surface area contributed by atoms with Crippen molar-refractivity contribution >= 4 is 22.2 Å². The summed E-state index contributed by atoms with van der Waals surface area (Å²) in [5, 5.41) is 16.4. The van der Waals surface area contributed by atoms with Crippen LogP contribution in [0.2, 0.25) is 0 Å². The highest BCUT2D eigenvalue weighted by atomic mass is 32.1. The summed E-state index contributed by atoms with van der Waals surface area (Å²) in [6.07, 6.45) is 3.54. The highest BCUT2D eigenvalue weighted by molar-refractivity contribution is 7.14. The molecule has 0 aliphatic carbocycles. The number of aryl methyl sites for hydroxylation is 1. The molecule has 0 saturated carbocycles. The molecule has 138 valence electrons. The van der Waals surface area contributed by atoms with Gasteiger partial charge in [0, 0.05) is 11.5 Å². The molecule has 4 nitrogen and oxygen atoms in total. The van der Waals surface area contributed by atoms with Crippen LogP contribution in [-0.4, -0.2) is 12.5 Å². The second-order valence-electron chi connectivity index (χ2n) is 6.88. The van der Waals surface area contributed by atoms with Crippen molar-refractivity contribution in [3.05, 3.63) is 52.4 Å². The lowest BCUT2D eigenvalue weighted by atomic mass is 9.94. The van der Waals surface area contributed by atoms with Gasteiger partial charge in [0.2, 0.25) is 0 Å². The Kier molecular flexibility index (Phi) is 7.83. The van der Waals surface area contributed by atoms with Crippen molar-refractivity contribution in [2.75, 3.05) is 11.9 Å². The van der Waals surface area contributed by atoms with E-state index in [0.29, 0.717) is 23.0 Å². The quantitative estimate of drug-likeness (QED) is 0.704. The molecular formula is C21H28N3OS+. The number of amides is 1. The van der Waals surface area contributed by atoms with E-state index >= 15 is 0 Å². The Labute approximate surface area is 160 Å². The average Bonchev–Trinajstić information content (AvgIpc) is 3.07. The lowest BCUT2D eigenvalue weighted by Gasteiger charge is -2.19. The molecule has 3 N–H and O–H groups in total. The maximum absolute atomic E-state index is 12.3. The predicted molar refractivity (Wildman–Crippen MR) is 107 cm³/mol. The summed E-state index contributed by atoms with van der Waals surface area (Å²) in [5.74, 6) is 0.342. The van der Waals surface area contributed by atoms with Gasteiger partial charge >= 0.3 is 0 Å². The summed E-state index contributed by atoms with van der Waals surface area (Å²) in [6, 6.07) is 12.9. The molecule has 1 aromatic carbocycles. The number of anilines is 1. The van der Waals surface area contributed by atoms with Crippen molar-refractivity contribution in [2.45, 2.75) is 46.1 Å². The zero-order valence-electron chi connectivity index (χ0n) is 15.8. The van der Waals surface area contributed by atoms with Gasteiger partial charge in [-0.25, -0.2) is 0 Å². The molecule has 0 aliphatic rings. The standard InChI is InChI=1S/C21H27N3OS/c1-4-5-6-16-7-9-17(10-8-16)20(15(2)3)23-14-19(25)24-21-18(13-22)11-12-26-21/h7-12,15,20,23H,4-6,14H2,1-3H3,(H,24,25)/p+1/t20-/m1/s1. The smallest absolute Gasteiger partial charge is 0.280 e. The van der Waals surface area contributed by atoms with E-state index in [4.69, 9.17) is 5.26 Å². The highest BCUT2D eigenvalue weighted by Gasteiger charge is 2.21. The number of benzene rings is 1. The number of nitrogens with two attached hydrogens (primary N) is 1. The van der Waals surface area contributed by atoms with E-state index in [9.17, 15) is 4.79 Å². The number of rotatable bonds is 9. The van der Waals surface area contributed by atoms with Crippen molar-refractivity contribution < 1.29 is 10.1 Å². The maximum atomic E-state index is 12.3. The van der Waals surface area contributed by atoms with Gasteiger partial charge in [0.25, 0.3) is 5.91 Å². The molecule has 0 unspecified atom stereocenters. The minimum Gasteiger partial charge on any atom is -0.332 e. The Morgan fingerprint density at radius 3 is 2.62 bits per heavy atom. The van der Waals surface area contributed by atoms with E-state index in [0.717, 1.165) is 6.42 Å². The number of nitrogens with one attached hydrogen (secondary N) is 1. The molecule has 1 atom stereocenters. The van der Waals surface area contributed by atoms with Crippen LogP contribution in [-0.2, 0) is 11.2 Å². The number of hydrogen-bond acceptors (Lipinski definition) is 3. The van der Waals surface area contributed by atoms with Crippen molar-refractivity contribution in [3.8, 4) is 6.07 Å². The van der Waals surface area contributed by atoms with Gasteiger partial charge in [0.1, 0.15) is 17.1 Å². The summed E-state index contributed by atoms with van der Waals surface area (Å²) < 4.78 is 0. The third kappa shape index (κ3) is 5.69. The molecule has 1 aromatic heterocycles. The number of thiophene rings is 1. The van der Waals surface area contributed by atoms with Gasteiger partial charge in [-0.05, 0) is 29.9 Å².